The summed E-state index contributed by atoms with van der Waals surface area (Å²) in [6.07, 6.45) is 1.20. The van der Waals surface area contributed by atoms with Crippen molar-refractivity contribution in [1.29, 1.82) is 0 Å². The van der Waals surface area contributed by atoms with Gasteiger partial charge in [-0.25, -0.2) is 8.42 Å². The molecule has 0 aromatic carbocycles. The van der Waals surface area contributed by atoms with Crippen LogP contribution in [0.3, 0.4) is 0 Å². The summed E-state index contributed by atoms with van der Waals surface area (Å²) in [7, 11) is -3.41. The number of hydrogen-bond donors (Lipinski definition) is 1. The van der Waals surface area contributed by atoms with Gasteiger partial charge in [0.05, 0.1) is 4.99 Å². The van der Waals surface area contributed by atoms with E-state index in [9.17, 15) is 8.42 Å². The Kier molecular flexibility index (Phi) is 6.43. The second-order valence-electron chi connectivity index (χ2n) is 3.80. The fourth-order valence-corrected chi connectivity index (χ4v) is 4.25. The van der Waals surface area contributed by atoms with E-state index in [4.69, 9.17) is 18.0 Å². The van der Waals surface area contributed by atoms with Crippen LogP contribution in [0.15, 0.2) is 0 Å². The summed E-state index contributed by atoms with van der Waals surface area (Å²) in [6, 6.07) is -0.0154. The van der Waals surface area contributed by atoms with Crippen LogP contribution in [0.2, 0.25) is 0 Å². The van der Waals surface area contributed by atoms with Gasteiger partial charge in [-0.3, -0.25) is 0 Å². The van der Waals surface area contributed by atoms with Crippen molar-refractivity contribution in [3.63, 3.8) is 0 Å². The lowest BCUT2D eigenvalue weighted by atomic mass is 10.3. The summed E-state index contributed by atoms with van der Waals surface area (Å²) in [5.74, 6) is 0. The molecule has 0 heterocycles. The zero-order valence-electron chi connectivity index (χ0n) is 10.4. The van der Waals surface area contributed by atoms with Gasteiger partial charge in [0.25, 0.3) is 0 Å². The predicted octanol–water partition coefficient (Wildman–Crippen LogP) is 1.50. The molecular weight excluding hydrogens is 244 g/mol. The molecule has 2 atom stereocenters. The first kappa shape index (κ1) is 15.8. The summed E-state index contributed by atoms with van der Waals surface area (Å²) in [4.78, 5) is 0.0595. The highest BCUT2D eigenvalue weighted by Gasteiger charge is 2.34. The Morgan fingerprint density at radius 2 is 1.81 bits per heavy atom. The number of sulfonamides is 1. The molecule has 0 aliphatic rings. The van der Waals surface area contributed by atoms with E-state index >= 15 is 0 Å². The Morgan fingerprint density at radius 3 is 2.06 bits per heavy atom. The Balaban J connectivity index is 5.21. The highest BCUT2D eigenvalue weighted by Crippen LogP contribution is 2.17. The highest BCUT2D eigenvalue weighted by atomic mass is 32.2. The van der Waals surface area contributed by atoms with Crippen LogP contribution in [-0.4, -0.2) is 35.5 Å². The third kappa shape index (κ3) is 3.40. The summed E-state index contributed by atoms with van der Waals surface area (Å²) in [6.45, 7) is 7.93. The first-order chi connectivity index (χ1) is 7.32. The zero-order chi connectivity index (χ0) is 12.9. The van der Waals surface area contributed by atoms with Crippen molar-refractivity contribution < 1.29 is 8.42 Å². The van der Waals surface area contributed by atoms with Gasteiger partial charge in [0.15, 0.2) is 0 Å². The van der Waals surface area contributed by atoms with Crippen LogP contribution in [0.5, 0.6) is 0 Å². The number of rotatable bonds is 7. The van der Waals surface area contributed by atoms with E-state index in [-0.39, 0.29) is 11.0 Å². The minimum Gasteiger partial charge on any atom is -0.392 e. The quantitative estimate of drug-likeness (QED) is 0.709. The molecule has 96 valence electrons. The van der Waals surface area contributed by atoms with Crippen molar-refractivity contribution in [2.45, 2.75) is 51.8 Å². The maximum atomic E-state index is 12.3. The molecule has 0 aromatic rings. The van der Waals surface area contributed by atoms with Crippen LogP contribution in [0.1, 0.15) is 40.5 Å². The Morgan fingerprint density at radius 1 is 1.31 bits per heavy atom. The first-order valence-electron chi connectivity index (χ1n) is 5.62. The number of thiocarbonyl (C=S) groups is 1. The average molecular weight is 266 g/mol. The van der Waals surface area contributed by atoms with E-state index in [0.29, 0.717) is 13.0 Å². The molecule has 2 unspecified atom stereocenters. The third-order valence-electron chi connectivity index (χ3n) is 2.77. The van der Waals surface area contributed by atoms with Gasteiger partial charge in [-0.2, -0.15) is 4.31 Å². The maximum absolute atomic E-state index is 12.3. The van der Waals surface area contributed by atoms with Gasteiger partial charge in [-0.05, 0) is 19.8 Å². The molecule has 0 aliphatic carbocycles. The molecule has 0 aliphatic heterocycles. The number of hydrogen-bond acceptors (Lipinski definition) is 3. The van der Waals surface area contributed by atoms with Gasteiger partial charge in [-0.1, -0.05) is 33.0 Å². The Labute approximate surface area is 104 Å². The molecule has 16 heavy (non-hydrogen) atoms. The zero-order valence-corrected chi connectivity index (χ0v) is 12.1. The highest BCUT2D eigenvalue weighted by molar-refractivity contribution is 7.92. The van der Waals surface area contributed by atoms with Gasteiger partial charge in [-0.15, -0.1) is 0 Å². The van der Waals surface area contributed by atoms with E-state index in [2.05, 4.69) is 0 Å². The lowest BCUT2D eigenvalue weighted by Gasteiger charge is -2.29. The van der Waals surface area contributed by atoms with Crippen LogP contribution in [-0.2, 0) is 10.0 Å². The average Bonchev–Trinajstić information content (AvgIpc) is 2.17. The van der Waals surface area contributed by atoms with Crippen LogP contribution in [0, 0.1) is 0 Å². The van der Waals surface area contributed by atoms with E-state index in [1.165, 1.54) is 4.31 Å². The molecular formula is C10H22N2O2S2. The topological polar surface area (TPSA) is 63.4 Å². The lowest BCUT2D eigenvalue weighted by molar-refractivity contribution is 0.340. The molecule has 0 amide bonds. The fraction of sp³-hybridized carbons (Fsp3) is 0.900. The van der Waals surface area contributed by atoms with E-state index in [1.807, 2.05) is 20.8 Å². The lowest BCUT2D eigenvalue weighted by Crippen LogP contribution is -2.47. The van der Waals surface area contributed by atoms with Gasteiger partial charge >= 0.3 is 0 Å². The molecule has 0 saturated heterocycles. The van der Waals surface area contributed by atoms with E-state index in [0.717, 1.165) is 6.42 Å². The van der Waals surface area contributed by atoms with Crippen molar-refractivity contribution in [1.82, 2.24) is 4.31 Å². The van der Waals surface area contributed by atoms with Crippen molar-refractivity contribution in [2.75, 3.05) is 6.54 Å². The second kappa shape index (κ2) is 6.51. The molecule has 2 N–H and O–H groups in total. The van der Waals surface area contributed by atoms with Crippen LogP contribution >= 0.6 is 12.2 Å². The molecule has 4 nitrogen and oxygen atoms in total. The number of nitrogens with two attached hydrogens (primary N) is 1. The van der Waals surface area contributed by atoms with Crippen molar-refractivity contribution >= 4 is 27.2 Å². The first-order valence-corrected chi connectivity index (χ1v) is 7.53. The Bertz CT molecular complexity index is 328. The smallest absolute Gasteiger partial charge is 0.223 e. The maximum Gasteiger partial charge on any atom is 0.223 e. The van der Waals surface area contributed by atoms with Gasteiger partial charge in [0.1, 0.15) is 5.25 Å². The van der Waals surface area contributed by atoms with Crippen LogP contribution in [0.25, 0.3) is 0 Å². The van der Waals surface area contributed by atoms with Crippen LogP contribution < -0.4 is 5.73 Å². The molecule has 0 radical (unpaired) electrons. The molecule has 0 spiro atoms. The summed E-state index contributed by atoms with van der Waals surface area (Å²) in [5.41, 5.74) is 5.49. The molecule has 0 bridgehead atoms. The monoisotopic (exact) mass is 266 g/mol. The summed E-state index contributed by atoms with van der Waals surface area (Å²) < 4.78 is 26.1. The summed E-state index contributed by atoms with van der Waals surface area (Å²) in [5, 5.41) is -0.739. The second-order valence-corrected chi connectivity index (χ2v) is 6.34. The number of nitrogens with zero attached hydrogens (tertiary/aromatic N) is 1. The summed E-state index contributed by atoms with van der Waals surface area (Å²) >= 11 is 4.83. The molecule has 0 saturated carbocycles. The van der Waals surface area contributed by atoms with E-state index in [1.54, 1.807) is 6.92 Å². The molecule has 0 fully saturated rings. The third-order valence-corrected chi connectivity index (χ3v) is 5.78. The van der Waals surface area contributed by atoms with Gasteiger partial charge < -0.3 is 5.73 Å². The predicted molar refractivity (Wildman–Crippen MR) is 71.9 cm³/mol. The SMILES string of the molecule is CCC(C)N(CC)S(=O)(=O)C(CC)C(N)=S. The molecule has 0 aromatic heterocycles. The Hall–Kier alpha value is -0.200. The van der Waals surface area contributed by atoms with Gasteiger partial charge in [0, 0.05) is 12.6 Å². The van der Waals surface area contributed by atoms with Crippen molar-refractivity contribution in [2.24, 2.45) is 5.73 Å². The minimum absolute atomic E-state index is 0.0154. The van der Waals surface area contributed by atoms with Crippen LogP contribution in [0.4, 0.5) is 0 Å². The van der Waals surface area contributed by atoms with Crippen molar-refractivity contribution in [3.8, 4) is 0 Å². The normalized spacial score (nSPS) is 16.1. The standard InChI is InChI=1S/C10H22N2O2S2/c1-5-8(4)12(7-3)16(13,14)9(6-2)10(11)15/h8-9H,5-7H2,1-4H3,(H2,11,15). The largest absolute Gasteiger partial charge is 0.392 e. The molecule has 0 rings (SSSR count). The molecule has 6 heteroatoms. The van der Waals surface area contributed by atoms with Gasteiger partial charge in [0.2, 0.25) is 10.0 Å². The minimum atomic E-state index is -3.41. The fourth-order valence-electron chi connectivity index (χ4n) is 1.67. The van der Waals surface area contributed by atoms with E-state index < -0.39 is 15.3 Å². The van der Waals surface area contributed by atoms with Crippen molar-refractivity contribution in [3.05, 3.63) is 0 Å².